The van der Waals surface area contributed by atoms with Crippen LogP contribution in [0.5, 0.6) is 0 Å². The normalized spacial score (nSPS) is 17.9. The molecule has 0 radical (unpaired) electrons. The van der Waals surface area contributed by atoms with Gasteiger partial charge in [-0.25, -0.2) is 0 Å². The third-order valence-electron chi connectivity index (χ3n) is 4.19. The first-order valence-electron chi connectivity index (χ1n) is 8.01. The molecule has 0 saturated heterocycles. The average molecular weight is 280 g/mol. The molecule has 1 aliphatic heterocycles. The average Bonchev–Trinajstić information content (AvgIpc) is 2.72. The first-order chi connectivity index (χ1) is 10.4. The second-order valence-electron chi connectivity index (χ2n) is 5.81. The molecule has 1 heterocycles. The van der Waals surface area contributed by atoms with Crippen molar-refractivity contribution in [2.24, 2.45) is 0 Å². The molecule has 2 N–H and O–H groups in total. The maximum absolute atomic E-state index is 3.71. The zero-order valence-corrected chi connectivity index (χ0v) is 12.7. The van der Waals surface area contributed by atoms with Crippen molar-refractivity contribution in [1.29, 1.82) is 0 Å². The summed E-state index contributed by atoms with van der Waals surface area (Å²) in [6, 6.07) is 18.1. The van der Waals surface area contributed by atoms with E-state index < -0.39 is 0 Å². The molecular weight excluding hydrogens is 256 g/mol. The fraction of sp³-hybridized carbons (Fsp3) is 0.368. The Morgan fingerprint density at radius 2 is 1.90 bits per heavy atom. The predicted molar refractivity (Wildman–Crippen MR) is 89.6 cm³/mol. The Morgan fingerprint density at radius 1 is 1.10 bits per heavy atom. The zero-order chi connectivity index (χ0) is 14.5. The Labute approximate surface area is 127 Å². The Kier molecular flexibility index (Phi) is 4.56. The van der Waals surface area contributed by atoms with Gasteiger partial charge in [0.15, 0.2) is 0 Å². The Morgan fingerprint density at radius 3 is 2.71 bits per heavy atom. The van der Waals surface area contributed by atoms with E-state index in [1.54, 1.807) is 0 Å². The Balaban J connectivity index is 1.77. The van der Waals surface area contributed by atoms with E-state index in [4.69, 9.17) is 0 Å². The maximum Gasteiger partial charge on any atom is 0.0529 e. The van der Waals surface area contributed by atoms with E-state index in [1.165, 1.54) is 28.8 Å². The predicted octanol–water partition coefficient (Wildman–Crippen LogP) is 4.29. The fourth-order valence-corrected chi connectivity index (χ4v) is 3.07. The van der Waals surface area contributed by atoms with Gasteiger partial charge >= 0.3 is 0 Å². The molecule has 3 rings (SSSR count). The van der Waals surface area contributed by atoms with Gasteiger partial charge in [-0.05, 0) is 48.2 Å². The molecule has 0 spiro atoms. The van der Waals surface area contributed by atoms with Crippen molar-refractivity contribution in [2.75, 3.05) is 11.9 Å². The van der Waals surface area contributed by atoms with Gasteiger partial charge in [-0.2, -0.15) is 0 Å². The summed E-state index contributed by atoms with van der Waals surface area (Å²) in [6.07, 6.45) is 3.48. The van der Waals surface area contributed by atoms with Gasteiger partial charge in [0.2, 0.25) is 0 Å². The van der Waals surface area contributed by atoms with Crippen LogP contribution in [0.2, 0.25) is 0 Å². The molecule has 21 heavy (non-hydrogen) atoms. The molecule has 0 saturated carbocycles. The van der Waals surface area contributed by atoms with Crippen LogP contribution in [0.25, 0.3) is 0 Å². The highest BCUT2D eigenvalue weighted by molar-refractivity contribution is 5.48. The number of nitrogens with one attached hydrogen (secondary N) is 2. The Bertz CT molecular complexity index is 574. The highest BCUT2D eigenvalue weighted by Gasteiger charge is 2.17. The third kappa shape index (κ3) is 3.45. The molecule has 2 nitrogen and oxygen atoms in total. The summed E-state index contributed by atoms with van der Waals surface area (Å²) in [6.45, 7) is 4.26. The summed E-state index contributed by atoms with van der Waals surface area (Å²) in [4.78, 5) is 0. The van der Waals surface area contributed by atoms with Gasteiger partial charge < -0.3 is 10.6 Å². The summed E-state index contributed by atoms with van der Waals surface area (Å²) in [7, 11) is 0. The van der Waals surface area contributed by atoms with Gasteiger partial charge in [-0.15, -0.1) is 0 Å². The SMILES string of the molecule is CCCc1ccc(NC2CCNCc3ccccc32)cc1. The number of hydrogen-bond acceptors (Lipinski definition) is 2. The monoisotopic (exact) mass is 280 g/mol. The molecule has 2 aromatic rings. The van der Waals surface area contributed by atoms with Crippen LogP contribution in [0.1, 0.15) is 42.5 Å². The van der Waals surface area contributed by atoms with Crippen LogP contribution in [0, 0.1) is 0 Å². The number of rotatable bonds is 4. The van der Waals surface area contributed by atoms with Gasteiger partial charge in [-0.1, -0.05) is 49.7 Å². The molecule has 0 aromatic heterocycles. The van der Waals surface area contributed by atoms with Crippen LogP contribution in [0.3, 0.4) is 0 Å². The van der Waals surface area contributed by atoms with Crippen molar-refractivity contribution >= 4 is 5.69 Å². The number of fused-ring (bicyclic) bond motifs is 1. The van der Waals surface area contributed by atoms with E-state index in [2.05, 4.69) is 66.1 Å². The van der Waals surface area contributed by atoms with Crippen molar-refractivity contribution in [1.82, 2.24) is 5.32 Å². The molecule has 0 amide bonds. The van der Waals surface area contributed by atoms with E-state index in [1.807, 2.05) is 0 Å². The van der Waals surface area contributed by atoms with Crippen LogP contribution in [0.15, 0.2) is 48.5 Å². The second kappa shape index (κ2) is 6.77. The summed E-state index contributed by atoms with van der Waals surface area (Å²) in [5, 5.41) is 7.21. The fourth-order valence-electron chi connectivity index (χ4n) is 3.07. The highest BCUT2D eigenvalue weighted by Crippen LogP contribution is 2.27. The number of hydrogen-bond donors (Lipinski definition) is 2. The minimum atomic E-state index is 0.397. The minimum absolute atomic E-state index is 0.397. The number of benzene rings is 2. The number of aryl methyl sites for hydroxylation is 1. The molecular formula is C19H24N2. The lowest BCUT2D eigenvalue weighted by molar-refractivity contribution is 0.637. The molecule has 1 aliphatic rings. The van der Waals surface area contributed by atoms with Crippen molar-refractivity contribution in [3.8, 4) is 0 Å². The lowest BCUT2D eigenvalue weighted by Gasteiger charge is -2.20. The molecule has 1 atom stereocenters. The highest BCUT2D eigenvalue weighted by atomic mass is 14.9. The van der Waals surface area contributed by atoms with Gasteiger partial charge in [0, 0.05) is 12.2 Å². The first-order valence-corrected chi connectivity index (χ1v) is 8.01. The Hall–Kier alpha value is -1.80. The van der Waals surface area contributed by atoms with E-state index in [-0.39, 0.29) is 0 Å². The quantitative estimate of drug-likeness (QED) is 0.873. The van der Waals surface area contributed by atoms with E-state index in [0.717, 1.165) is 25.9 Å². The molecule has 0 aliphatic carbocycles. The van der Waals surface area contributed by atoms with E-state index in [9.17, 15) is 0 Å². The van der Waals surface area contributed by atoms with Crippen LogP contribution >= 0.6 is 0 Å². The standard InChI is InChI=1S/C19H24N2/c1-2-5-15-8-10-17(11-9-15)21-19-12-13-20-14-16-6-3-4-7-18(16)19/h3-4,6-11,19-21H,2,5,12-14H2,1H3. The maximum atomic E-state index is 3.71. The lowest BCUT2D eigenvalue weighted by Crippen LogP contribution is -2.15. The molecule has 2 heteroatoms. The molecule has 0 bridgehead atoms. The summed E-state index contributed by atoms with van der Waals surface area (Å²) in [5.41, 5.74) is 5.48. The zero-order valence-electron chi connectivity index (χ0n) is 12.7. The van der Waals surface area contributed by atoms with Crippen molar-refractivity contribution in [2.45, 2.75) is 38.8 Å². The van der Waals surface area contributed by atoms with Crippen LogP contribution in [-0.2, 0) is 13.0 Å². The topological polar surface area (TPSA) is 24.1 Å². The molecule has 0 fully saturated rings. The summed E-state index contributed by atoms with van der Waals surface area (Å²) >= 11 is 0. The van der Waals surface area contributed by atoms with Crippen LogP contribution < -0.4 is 10.6 Å². The first kappa shape index (κ1) is 14.2. The lowest BCUT2D eigenvalue weighted by atomic mass is 9.99. The summed E-state index contributed by atoms with van der Waals surface area (Å²) < 4.78 is 0. The van der Waals surface area contributed by atoms with E-state index >= 15 is 0 Å². The smallest absolute Gasteiger partial charge is 0.0529 e. The van der Waals surface area contributed by atoms with E-state index in [0.29, 0.717) is 6.04 Å². The second-order valence-corrected chi connectivity index (χ2v) is 5.81. The van der Waals surface area contributed by atoms with Crippen molar-refractivity contribution in [3.05, 3.63) is 65.2 Å². The van der Waals surface area contributed by atoms with Gasteiger partial charge in [0.25, 0.3) is 0 Å². The molecule has 2 aromatic carbocycles. The largest absolute Gasteiger partial charge is 0.378 e. The minimum Gasteiger partial charge on any atom is -0.378 e. The summed E-state index contributed by atoms with van der Waals surface area (Å²) in [5.74, 6) is 0. The van der Waals surface area contributed by atoms with Gasteiger partial charge in [0.1, 0.15) is 0 Å². The molecule has 110 valence electrons. The van der Waals surface area contributed by atoms with Crippen molar-refractivity contribution < 1.29 is 0 Å². The van der Waals surface area contributed by atoms with Gasteiger partial charge in [-0.3, -0.25) is 0 Å². The third-order valence-corrected chi connectivity index (χ3v) is 4.19. The molecule has 1 unspecified atom stereocenters. The van der Waals surface area contributed by atoms with Crippen LogP contribution in [0.4, 0.5) is 5.69 Å². The van der Waals surface area contributed by atoms with Crippen LogP contribution in [-0.4, -0.2) is 6.54 Å². The number of anilines is 1. The van der Waals surface area contributed by atoms with Crippen molar-refractivity contribution in [3.63, 3.8) is 0 Å². The van der Waals surface area contributed by atoms with Gasteiger partial charge in [0.05, 0.1) is 6.04 Å².